The molecule has 1 amide bonds. The van der Waals surface area contributed by atoms with E-state index in [1.807, 2.05) is 0 Å². The first-order valence-corrected chi connectivity index (χ1v) is 12.7. The van der Waals surface area contributed by atoms with Gasteiger partial charge in [-0.05, 0) is 49.2 Å². The first-order valence-electron chi connectivity index (χ1n) is 8.96. The van der Waals surface area contributed by atoms with E-state index in [4.69, 9.17) is 23.2 Å². The Labute approximate surface area is 185 Å². The molecule has 0 radical (unpaired) electrons. The van der Waals surface area contributed by atoms with Crippen LogP contribution in [0, 0.1) is 0 Å². The fourth-order valence-electron chi connectivity index (χ4n) is 2.58. The van der Waals surface area contributed by atoms with Gasteiger partial charge in [0, 0.05) is 18.3 Å². The third-order valence-electron chi connectivity index (χ3n) is 4.21. The van der Waals surface area contributed by atoms with Crippen LogP contribution in [0.15, 0.2) is 46.2 Å². The van der Waals surface area contributed by atoms with E-state index in [1.165, 1.54) is 30.3 Å². The Balaban J connectivity index is 1.84. The third-order valence-corrected chi connectivity index (χ3v) is 8.07. The number of carbonyl (C=O) groups is 1. The predicted octanol–water partition coefficient (Wildman–Crippen LogP) is 2.98. The lowest BCUT2D eigenvalue weighted by Crippen LogP contribution is -2.26. The van der Waals surface area contributed by atoms with Crippen molar-refractivity contribution in [1.29, 1.82) is 0 Å². The minimum Gasteiger partial charge on any atom is -0.322 e. The lowest BCUT2D eigenvalue weighted by molar-refractivity contribution is 0.102. The van der Waals surface area contributed by atoms with Crippen molar-refractivity contribution in [3.63, 3.8) is 0 Å². The molecule has 12 heteroatoms. The van der Waals surface area contributed by atoms with E-state index in [0.29, 0.717) is 5.69 Å². The number of rotatable bonds is 8. The van der Waals surface area contributed by atoms with Crippen molar-refractivity contribution in [1.82, 2.24) is 9.44 Å². The van der Waals surface area contributed by atoms with E-state index in [-0.39, 0.29) is 38.0 Å². The molecule has 3 N–H and O–H groups in total. The van der Waals surface area contributed by atoms with Crippen LogP contribution in [0.4, 0.5) is 5.69 Å². The molecule has 0 heterocycles. The number of benzene rings is 2. The average molecular weight is 492 g/mol. The van der Waals surface area contributed by atoms with E-state index < -0.39 is 26.0 Å². The molecule has 8 nitrogen and oxygen atoms in total. The van der Waals surface area contributed by atoms with Crippen LogP contribution in [0.2, 0.25) is 10.0 Å². The highest BCUT2D eigenvalue weighted by atomic mass is 35.5. The zero-order valence-electron chi connectivity index (χ0n) is 15.8. The first-order chi connectivity index (χ1) is 14.0. The van der Waals surface area contributed by atoms with Gasteiger partial charge in [0.2, 0.25) is 20.0 Å². The van der Waals surface area contributed by atoms with Crippen LogP contribution in [-0.4, -0.2) is 35.3 Å². The highest BCUT2D eigenvalue weighted by Crippen LogP contribution is 2.31. The highest BCUT2D eigenvalue weighted by Gasteiger charge is 2.30. The van der Waals surface area contributed by atoms with Crippen LogP contribution < -0.4 is 14.8 Å². The number of hydrogen-bond donors (Lipinski definition) is 3. The maximum atomic E-state index is 12.7. The molecular formula is C18H19Cl2N3O5S2. The summed E-state index contributed by atoms with van der Waals surface area (Å²) in [7, 11) is -7.51. The minimum atomic E-state index is -3.90. The fraction of sp³-hybridized carbons (Fsp3) is 0.278. The van der Waals surface area contributed by atoms with Crippen LogP contribution in [0.1, 0.15) is 30.1 Å². The molecule has 1 fully saturated rings. The summed E-state index contributed by atoms with van der Waals surface area (Å²) in [6, 6.07) is 7.70. The molecule has 0 unspecified atom stereocenters. The van der Waals surface area contributed by atoms with Crippen LogP contribution in [0.5, 0.6) is 0 Å². The Hall–Kier alpha value is -1.69. The Morgan fingerprint density at radius 3 is 2.20 bits per heavy atom. The molecule has 0 bridgehead atoms. The maximum absolute atomic E-state index is 12.7. The monoisotopic (exact) mass is 491 g/mol. The fourth-order valence-corrected chi connectivity index (χ4v) is 5.79. The second kappa shape index (κ2) is 8.81. The normalized spacial score (nSPS) is 14.5. The molecule has 0 aromatic heterocycles. The molecule has 1 saturated carbocycles. The van der Waals surface area contributed by atoms with Gasteiger partial charge < -0.3 is 5.32 Å². The second-order valence-electron chi connectivity index (χ2n) is 6.64. The average Bonchev–Trinajstić information content (AvgIpc) is 3.45. The van der Waals surface area contributed by atoms with Crippen molar-refractivity contribution in [3.05, 3.63) is 52.0 Å². The van der Waals surface area contributed by atoms with Gasteiger partial charge in [0.15, 0.2) is 0 Å². The molecule has 0 saturated heterocycles. The van der Waals surface area contributed by atoms with Crippen molar-refractivity contribution in [2.45, 2.75) is 35.6 Å². The SMILES string of the molecule is CCNS(=O)(=O)c1ccc(NC(=O)c2cc(S(=O)(=O)NC3CC3)c(Cl)cc2Cl)cc1. The summed E-state index contributed by atoms with van der Waals surface area (Å²) < 4.78 is 53.8. The first kappa shape index (κ1) is 23.0. The van der Waals surface area contributed by atoms with Gasteiger partial charge in [-0.15, -0.1) is 0 Å². The van der Waals surface area contributed by atoms with Crippen molar-refractivity contribution in [3.8, 4) is 0 Å². The summed E-state index contributed by atoms with van der Waals surface area (Å²) in [5, 5.41) is 2.45. The Kier molecular flexibility index (Phi) is 6.75. The van der Waals surface area contributed by atoms with Crippen molar-refractivity contribution in [2.24, 2.45) is 0 Å². The number of halogens is 2. The Bertz CT molecular complexity index is 1180. The van der Waals surface area contributed by atoms with Gasteiger partial charge in [-0.2, -0.15) is 0 Å². The number of carbonyl (C=O) groups excluding carboxylic acids is 1. The van der Waals surface area contributed by atoms with Gasteiger partial charge in [0.25, 0.3) is 5.91 Å². The highest BCUT2D eigenvalue weighted by molar-refractivity contribution is 7.89. The van der Waals surface area contributed by atoms with E-state index >= 15 is 0 Å². The standard InChI is InChI=1S/C18H19Cl2N3O5S2/c1-2-21-29(25,26)13-7-5-11(6-8-13)22-18(24)14-9-17(16(20)10-15(14)19)30(27,28)23-12-3-4-12/h5-10,12,21,23H,2-4H2,1H3,(H,22,24). The van der Waals surface area contributed by atoms with E-state index in [2.05, 4.69) is 14.8 Å². The molecule has 0 atom stereocenters. The smallest absolute Gasteiger partial charge is 0.257 e. The van der Waals surface area contributed by atoms with Gasteiger partial charge in [-0.1, -0.05) is 30.1 Å². The van der Waals surface area contributed by atoms with Crippen molar-refractivity contribution in [2.75, 3.05) is 11.9 Å². The van der Waals surface area contributed by atoms with Gasteiger partial charge in [-0.3, -0.25) is 4.79 Å². The number of nitrogens with one attached hydrogen (secondary N) is 3. The van der Waals surface area contributed by atoms with Crippen LogP contribution >= 0.6 is 23.2 Å². The van der Waals surface area contributed by atoms with Gasteiger partial charge >= 0.3 is 0 Å². The molecule has 0 spiro atoms. The Morgan fingerprint density at radius 2 is 1.63 bits per heavy atom. The van der Waals surface area contributed by atoms with E-state index in [1.54, 1.807) is 6.92 Å². The minimum absolute atomic E-state index is 0.0192. The number of hydrogen-bond acceptors (Lipinski definition) is 5. The summed E-state index contributed by atoms with van der Waals surface area (Å²) >= 11 is 12.1. The molecule has 1 aliphatic rings. The summed E-state index contributed by atoms with van der Waals surface area (Å²) in [6.07, 6.45) is 1.49. The molecule has 3 rings (SSSR count). The summed E-state index contributed by atoms with van der Waals surface area (Å²) in [5.41, 5.74) is 0.226. The summed E-state index contributed by atoms with van der Waals surface area (Å²) in [4.78, 5) is 12.5. The maximum Gasteiger partial charge on any atom is 0.257 e. The van der Waals surface area contributed by atoms with Gasteiger partial charge in [0.1, 0.15) is 4.90 Å². The largest absolute Gasteiger partial charge is 0.322 e. The van der Waals surface area contributed by atoms with Crippen LogP contribution in [0.3, 0.4) is 0 Å². The third kappa shape index (κ3) is 5.32. The van der Waals surface area contributed by atoms with Crippen LogP contribution in [0.25, 0.3) is 0 Å². The molecule has 1 aliphatic carbocycles. The molecule has 0 aliphatic heterocycles. The molecule has 2 aromatic rings. The molecule has 162 valence electrons. The van der Waals surface area contributed by atoms with Gasteiger partial charge in [-0.25, -0.2) is 26.3 Å². The lowest BCUT2D eigenvalue weighted by Gasteiger charge is -2.12. The molecule has 30 heavy (non-hydrogen) atoms. The number of sulfonamides is 2. The topological polar surface area (TPSA) is 121 Å². The predicted molar refractivity (Wildman–Crippen MR) is 115 cm³/mol. The molecular weight excluding hydrogens is 473 g/mol. The Morgan fingerprint density at radius 1 is 1.00 bits per heavy atom. The van der Waals surface area contributed by atoms with E-state index in [9.17, 15) is 21.6 Å². The van der Waals surface area contributed by atoms with Crippen LogP contribution in [-0.2, 0) is 20.0 Å². The summed E-state index contributed by atoms with van der Waals surface area (Å²) in [6.45, 7) is 1.91. The second-order valence-corrected chi connectivity index (χ2v) is 10.9. The lowest BCUT2D eigenvalue weighted by atomic mass is 10.2. The zero-order valence-corrected chi connectivity index (χ0v) is 18.9. The number of amides is 1. The van der Waals surface area contributed by atoms with E-state index in [0.717, 1.165) is 18.9 Å². The number of anilines is 1. The zero-order chi connectivity index (χ0) is 22.1. The molecule has 2 aromatic carbocycles. The summed E-state index contributed by atoms with van der Waals surface area (Å²) in [5.74, 6) is -0.665. The van der Waals surface area contributed by atoms with Gasteiger partial charge in [0.05, 0.1) is 20.5 Å². The van der Waals surface area contributed by atoms with Crippen molar-refractivity contribution < 1.29 is 21.6 Å². The van der Waals surface area contributed by atoms with Crippen molar-refractivity contribution >= 4 is 54.8 Å². The quantitative estimate of drug-likeness (QED) is 0.523.